The maximum absolute atomic E-state index is 12.5. The van der Waals surface area contributed by atoms with Gasteiger partial charge in [-0.2, -0.15) is 0 Å². The number of amides is 1. The van der Waals surface area contributed by atoms with Gasteiger partial charge in [0.05, 0.1) is 19.2 Å². The number of anilines is 1. The maximum Gasteiger partial charge on any atom is 0.337 e. The molecule has 3 rings (SSSR count). The van der Waals surface area contributed by atoms with Crippen LogP contribution in [-0.4, -0.2) is 37.0 Å². The van der Waals surface area contributed by atoms with E-state index < -0.39 is 5.97 Å². The second-order valence-corrected chi connectivity index (χ2v) is 7.19. The van der Waals surface area contributed by atoms with Crippen molar-refractivity contribution < 1.29 is 14.3 Å². The van der Waals surface area contributed by atoms with E-state index in [4.69, 9.17) is 4.74 Å². The molecule has 0 bridgehead atoms. The summed E-state index contributed by atoms with van der Waals surface area (Å²) in [5.41, 5.74) is 2.00. The van der Waals surface area contributed by atoms with Crippen LogP contribution in [0.25, 0.3) is 0 Å². The lowest BCUT2D eigenvalue weighted by Gasteiger charge is -2.23. The van der Waals surface area contributed by atoms with E-state index >= 15 is 0 Å². The van der Waals surface area contributed by atoms with Crippen LogP contribution in [0.15, 0.2) is 35.7 Å². The van der Waals surface area contributed by atoms with Gasteiger partial charge in [-0.3, -0.25) is 9.69 Å². The highest BCUT2D eigenvalue weighted by atomic mass is 32.1. The van der Waals surface area contributed by atoms with Crippen LogP contribution in [0.3, 0.4) is 0 Å². The van der Waals surface area contributed by atoms with Gasteiger partial charge in [-0.15, -0.1) is 11.3 Å². The zero-order chi connectivity index (χ0) is 17.8. The van der Waals surface area contributed by atoms with Gasteiger partial charge in [0, 0.05) is 16.6 Å². The summed E-state index contributed by atoms with van der Waals surface area (Å²) in [6.07, 6.45) is 2.19. The van der Waals surface area contributed by atoms with Gasteiger partial charge in [0.15, 0.2) is 0 Å². The monoisotopic (exact) mass is 358 g/mol. The van der Waals surface area contributed by atoms with Crippen molar-refractivity contribution in [3.63, 3.8) is 0 Å². The molecule has 2 heterocycles. The largest absolute Gasteiger partial charge is 0.465 e. The van der Waals surface area contributed by atoms with Crippen molar-refractivity contribution in [3.05, 3.63) is 51.7 Å². The number of hydrogen-bond donors (Lipinski definition) is 1. The molecule has 1 saturated heterocycles. The molecule has 1 aromatic heterocycles. The van der Waals surface area contributed by atoms with Crippen molar-refractivity contribution in [1.29, 1.82) is 0 Å². The summed E-state index contributed by atoms with van der Waals surface area (Å²) in [4.78, 5) is 27.7. The number of nitrogens with one attached hydrogen (secondary N) is 1. The van der Waals surface area contributed by atoms with Crippen LogP contribution in [-0.2, 0) is 9.53 Å². The number of likely N-dealkylation sites (tertiary alicyclic amines) is 1. The highest BCUT2D eigenvalue weighted by Gasteiger charge is 2.28. The van der Waals surface area contributed by atoms with Gasteiger partial charge in [-0.1, -0.05) is 12.1 Å². The molecule has 1 amide bonds. The van der Waals surface area contributed by atoms with E-state index in [2.05, 4.69) is 27.7 Å². The number of carbonyl (C=O) groups excluding carboxylic acids is 2. The molecular weight excluding hydrogens is 336 g/mol. The summed E-state index contributed by atoms with van der Waals surface area (Å²) in [6, 6.07) is 9.69. The van der Waals surface area contributed by atoms with Crippen LogP contribution >= 0.6 is 11.3 Å². The number of esters is 1. The Kier molecular flexibility index (Phi) is 5.50. The number of ether oxygens (including phenoxy) is 1. The molecule has 132 valence electrons. The topological polar surface area (TPSA) is 58.6 Å². The van der Waals surface area contributed by atoms with E-state index in [-0.39, 0.29) is 5.91 Å². The van der Waals surface area contributed by atoms with E-state index in [0.29, 0.717) is 23.8 Å². The summed E-state index contributed by atoms with van der Waals surface area (Å²) >= 11 is 1.74. The van der Waals surface area contributed by atoms with Crippen molar-refractivity contribution in [1.82, 2.24) is 4.90 Å². The molecule has 25 heavy (non-hydrogen) atoms. The highest BCUT2D eigenvalue weighted by molar-refractivity contribution is 7.10. The SMILES string of the molecule is COC(=O)c1ccc(C)c(NC(=O)CN2CCCC2c2cccs2)c1. The predicted octanol–water partition coefficient (Wildman–Crippen LogP) is 3.62. The number of hydrogen-bond acceptors (Lipinski definition) is 5. The lowest BCUT2D eigenvalue weighted by Crippen LogP contribution is -2.32. The van der Waals surface area contributed by atoms with E-state index in [1.165, 1.54) is 12.0 Å². The molecule has 1 atom stereocenters. The van der Waals surface area contributed by atoms with Gasteiger partial charge in [-0.25, -0.2) is 4.79 Å². The lowest BCUT2D eigenvalue weighted by atomic mass is 10.1. The van der Waals surface area contributed by atoms with Gasteiger partial charge >= 0.3 is 5.97 Å². The fourth-order valence-corrected chi connectivity index (χ4v) is 4.09. The first kappa shape index (κ1) is 17.6. The Bertz CT molecular complexity index is 758. The molecule has 1 fully saturated rings. The molecule has 6 heteroatoms. The normalized spacial score (nSPS) is 17.4. The number of rotatable bonds is 5. The Labute approximate surface area is 151 Å². The number of nitrogens with zero attached hydrogens (tertiary/aromatic N) is 1. The second kappa shape index (κ2) is 7.80. The van der Waals surface area contributed by atoms with Crippen molar-refractivity contribution in [2.45, 2.75) is 25.8 Å². The molecule has 1 aliphatic rings. The molecule has 0 radical (unpaired) electrons. The molecule has 1 aromatic carbocycles. The van der Waals surface area contributed by atoms with Crippen molar-refractivity contribution in [2.24, 2.45) is 0 Å². The van der Waals surface area contributed by atoms with Gasteiger partial charge in [0.1, 0.15) is 0 Å². The molecule has 1 unspecified atom stereocenters. The third kappa shape index (κ3) is 4.08. The maximum atomic E-state index is 12.5. The summed E-state index contributed by atoms with van der Waals surface area (Å²) in [5, 5.41) is 5.01. The quantitative estimate of drug-likeness (QED) is 0.830. The van der Waals surface area contributed by atoms with Gasteiger partial charge < -0.3 is 10.1 Å². The minimum atomic E-state index is -0.409. The Morgan fingerprint density at radius 1 is 1.36 bits per heavy atom. The highest BCUT2D eigenvalue weighted by Crippen LogP contribution is 2.34. The zero-order valence-electron chi connectivity index (χ0n) is 14.5. The van der Waals surface area contributed by atoms with Crippen molar-refractivity contribution in [3.8, 4) is 0 Å². The van der Waals surface area contributed by atoms with Gasteiger partial charge in [-0.05, 0) is 55.5 Å². The van der Waals surface area contributed by atoms with Gasteiger partial charge in [0.2, 0.25) is 5.91 Å². The molecule has 0 saturated carbocycles. The first-order valence-corrected chi connectivity index (χ1v) is 9.22. The average molecular weight is 358 g/mol. The van der Waals surface area contributed by atoms with Crippen LogP contribution in [0.5, 0.6) is 0 Å². The molecule has 2 aromatic rings. The number of aryl methyl sites for hydroxylation is 1. The first-order valence-electron chi connectivity index (χ1n) is 8.34. The van der Waals surface area contributed by atoms with Crippen LogP contribution < -0.4 is 5.32 Å². The lowest BCUT2D eigenvalue weighted by molar-refractivity contribution is -0.117. The Morgan fingerprint density at radius 3 is 2.92 bits per heavy atom. The Balaban J connectivity index is 1.67. The number of methoxy groups -OCH3 is 1. The zero-order valence-corrected chi connectivity index (χ0v) is 15.3. The summed E-state index contributed by atoms with van der Waals surface area (Å²) in [5.74, 6) is -0.471. The minimum Gasteiger partial charge on any atom is -0.465 e. The van der Waals surface area contributed by atoms with E-state index in [0.717, 1.165) is 24.9 Å². The molecular formula is C19H22N2O3S. The van der Waals surface area contributed by atoms with Crippen molar-refractivity contribution in [2.75, 3.05) is 25.5 Å². The molecule has 1 aliphatic heterocycles. The first-order chi connectivity index (χ1) is 12.1. The Morgan fingerprint density at radius 2 is 2.20 bits per heavy atom. The fraction of sp³-hybridized carbons (Fsp3) is 0.368. The van der Waals surface area contributed by atoms with Gasteiger partial charge in [0.25, 0.3) is 0 Å². The van der Waals surface area contributed by atoms with Crippen LogP contribution in [0, 0.1) is 6.92 Å². The second-order valence-electron chi connectivity index (χ2n) is 6.21. The molecule has 0 aliphatic carbocycles. The number of thiophene rings is 1. The third-order valence-electron chi connectivity index (χ3n) is 4.51. The van der Waals surface area contributed by atoms with Crippen LogP contribution in [0.2, 0.25) is 0 Å². The van der Waals surface area contributed by atoms with E-state index in [1.54, 1.807) is 23.5 Å². The molecule has 5 nitrogen and oxygen atoms in total. The standard InChI is InChI=1S/C19H22N2O3S/c1-13-7-8-14(19(23)24-2)11-15(13)20-18(22)12-21-9-3-5-16(21)17-6-4-10-25-17/h4,6-8,10-11,16H,3,5,9,12H2,1-2H3,(H,20,22). The molecule has 1 N–H and O–H groups in total. The fourth-order valence-electron chi connectivity index (χ4n) is 3.19. The number of carbonyl (C=O) groups is 2. The van der Waals surface area contributed by atoms with E-state index in [9.17, 15) is 9.59 Å². The third-order valence-corrected chi connectivity index (χ3v) is 5.49. The van der Waals surface area contributed by atoms with Crippen LogP contribution in [0.4, 0.5) is 5.69 Å². The van der Waals surface area contributed by atoms with Crippen molar-refractivity contribution >= 4 is 28.9 Å². The summed E-state index contributed by atoms with van der Waals surface area (Å²) in [7, 11) is 1.35. The minimum absolute atomic E-state index is 0.0615. The molecule has 0 spiro atoms. The smallest absolute Gasteiger partial charge is 0.337 e. The Hall–Kier alpha value is -2.18. The van der Waals surface area contributed by atoms with E-state index in [1.807, 2.05) is 13.0 Å². The predicted molar refractivity (Wildman–Crippen MR) is 99.0 cm³/mol. The summed E-state index contributed by atoms with van der Waals surface area (Å²) in [6.45, 7) is 3.18. The van der Waals surface area contributed by atoms with Crippen LogP contribution in [0.1, 0.15) is 39.7 Å². The average Bonchev–Trinajstić information content (AvgIpc) is 3.27. The number of benzene rings is 1. The summed E-state index contributed by atoms with van der Waals surface area (Å²) < 4.78 is 4.74.